The lowest BCUT2D eigenvalue weighted by Crippen LogP contribution is -2.61. The Balaban J connectivity index is 1.66. The molecule has 1 saturated heterocycles. The van der Waals surface area contributed by atoms with E-state index in [1.807, 2.05) is 0 Å². The molecule has 106 valence electrons. The van der Waals surface area contributed by atoms with Gasteiger partial charge < -0.3 is 14.8 Å². The molecule has 0 bridgehead atoms. The Labute approximate surface area is 111 Å². The van der Waals surface area contributed by atoms with Gasteiger partial charge in [-0.15, -0.1) is 0 Å². The SMILES string of the molecule is COCCCOCCN1CCNCC1(C)C1CC1. The van der Waals surface area contributed by atoms with Gasteiger partial charge in [-0.2, -0.15) is 0 Å². The van der Waals surface area contributed by atoms with Crippen LogP contribution in [0.2, 0.25) is 0 Å². The van der Waals surface area contributed by atoms with Crippen molar-refractivity contribution in [2.24, 2.45) is 5.92 Å². The fourth-order valence-electron chi connectivity index (χ4n) is 2.98. The smallest absolute Gasteiger partial charge is 0.0593 e. The molecule has 1 saturated carbocycles. The van der Waals surface area contributed by atoms with E-state index in [1.165, 1.54) is 12.8 Å². The second kappa shape index (κ2) is 6.85. The Bertz CT molecular complexity index is 246. The predicted molar refractivity (Wildman–Crippen MR) is 72.9 cm³/mol. The Morgan fingerprint density at radius 2 is 2.11 bits per heavy atom. The van der Waals surface area contributed by atoms with Crippen molar-refractivity contribution in [2.75, 3.05) is 53.1 Å². The maximum absolute atomic E-state index is 5.69. The monoisotopic (exact) mass is 256 g/mol. The molecule has 0 radical (unpaired) electrons. The molecule has 1 unspecified atom stereocenters. The number of hydrogen-bond acceptors (Lipinski definition) is 4. The first-order chi connectivity index (χ1) is 8.77. The Kier molecular flexibility index (Phi) is 5.42. The van der Waals surface area contributed by atoms with E-state index >= 15 is 0 Å². The summed E-state index contributed by atoms with van der Waals surface area (Å²) in [7, 11) is 1.74. The number of nitrogens with one attached hydrogen (secondary N) is 1. The number of hydrogen-bond donors (Lipinski definition) is 1. The van der Waals surface area contributed by atoms with Gasteiger partial charge in [-0.3, -0.25) is 4.90 Å². The summed E-state index contributed by atoms with van der Waals surface area (Å²) in [5.74, 6) is 0.902. The van der Waals surface area contributed by atoms with Gasteiger partial charge in [0.2, 0.25) is 0 Å². The van der Waals surface area contributed by atoms with Crippen LogP contribution in [0.15, 0.2) is 0 Å². The van der Waals surface area contributed by atoms with Crippen molar-refractivity contribution >= 4 is 0 Å². The molecule has 1 aliphatic heterocycles. The molecule has 18 heavy (non-hydrogen) atoms. The van der Waals surface area contributed by atoms with Crippen LogP contribution in [0.1, 0.15) is 26.2 Å². The van der Waals surface area contributed by atoms with Crippen molar-refractivity contribution in [3.05, 3.63) is 0 Å². The van der Waals surface area contributed by atoms with Crippen molar-refractivity contribution < 1.29 is 9.47 Å². The summed E-state index contributed by atoms with van der Waals surface area (Å²) in [6.45, 7) is 9.38. The van der Waals surface area contributed by atoms with E-state index in [4.69, 9.17) is 9.47 Å². The molecule has 0 spiro atoms. The zero-order valence-electron chi connectivity index (χ0n) is 11.9. The van der Waals surface area contributed by atoms with Gasteiger partial charge in [-0.05, 0) is 32.1 Å². The number of ether oxygens (including phenoxy) is 2. The van der Waals surface area contributed by atoms with Crippen molar-refractivity contribution in [1.82, 2.24) is 10.2 Å². The summed E-state index contributed by atoms with van der Waals surface area (Å²) in [5.41, 5.74) is 0.369. The minimum Gasteiger partial charge on any atom is -0.385 e. The lowest BCUT2D eigenvalue weighted by Gasteiger charge is -2.45. The van der Waals surface area contributed by atoms with E-state index in [0.717, 1.165) is 58.3 Å². The second-order valence-electron chi connectivity index (χ2n) is 5.75. The zero-order chi connectivity index (χ0) is 12.8. The quantitative estimate of drug-likeness (QED) is 0.660. The molecule has 1 atom stereocenters. The third-order valence-electron chi connectivity index (χ3n) is 4.36. The average molecular weight is 256 g/mol. The van der Waals surface area contributed by atoms with Crippen LogP contribution < -0.4 is 5.32 Å². The van der Waals surface area contributed by atoms with Gasteiger partial charge in [0, 0.05) is 52.0 Å². The van der Waals surface area contributed by atoms with Gasteiger partial charge in [0.1, 0.15) is 0 Å². The molecule has 1 aliphatic carbocycles. The lowest BCUT2D eigenvalue weighted by molar-refractivity contribution is 0.0183. The van der Waals surface area contributed by atoms with Crippen LogP contribution in [0, 0.1) is 5.92 Å². The van der Waals surface area contributed by atoms with E-state index in [-0.39, 0.29) is 0 Å². The maximum Gasteiger partial charge on any atom is 0.0593 e. The summed E-state index contributed by atoms with van der Waals surface area (Å²) >= 11 is 0. The third kappa shape index (κ3) is 3.67. The normalized spacial score (nSPS) is 29.7. The molecule has 4 nitrogen and oxygen atoms in total. The molecule has 2 fully saturated rings. The van der Waals surface area contributed by atoms with E-state index in [9.17, 15) is 0 Å². The molecule has 1 heterocycles. The molecule has 1 N–H and O–H groups in total. The van der Waals surface area contributed by atoms with Crippen molar-refractivity contribution in [3.8, 4) is 0 Å². The van der Waals surface area contributed by atoms with Gasteiger partial charge in [-0.25, -0.2) is 0 Å². The summed E-state index contributed by atoms with van der Waals surface area (Å²) in [6.07, 6.45) is 3.81. The second-order valence-corrected chi connectivity index (χ2v) is 5.75. The van der Waals surface area contributed by atoms with E-state index < -0.39 is 0 Å². The molecular weight excluding hydrogens is 228 g/mol. The number of methoxy groups -OCH3 is 1. The minimum absolute atomic E-state index is 0.369. The minimum atomic E-state index is 0.369. The van der Waals surface area contributed by atoms with Crippen LogP contribution >= 0.6 is 0 Å². The fraction of sp³-hybridized carbons (Fsp3) is 1.00. The van der Waals surface area contributed by atoms with Crippen LogP contribution in [0.25, 0.3) is 0 Å². The highest BCUT2D eigenvalue weighted by Gasteiger charge is 2.46. The first kappa shape index (κ1) is 14.3. The highest BCUT2D eigenvalue weighted by atomic mass is 16.5. The van der Waals surface area contributed by atoms with Gasteiger partial charge in [-0.1, -0.05) is 0 Å². The third-order valence-corrected chi connectivity index (χ3v) is 4.36. The standard InChI is InChI=1S/C14H28N2O2/c1-14(13-4-5-13)12-15-6-7-16(14)8-11-18-10-3-9-17-2/h13,15H,3-12H2,1-2H3. The van der Waals surface area contributed by atoms with Gasteiger partial charge in [0.05, 0.1) is 6.61 Å². The van der Waals surface area contributed by atoms with E-state index in [0.29, 0.717) is 5.54 Å². The molecular formula is C14H28N2O2. The van der Waals surface area contributed by atoms with Gasteiger partial charge in [0.15, 0.2) is 0 Å². The van der Waals surface area contributed by atoms with Crippen LogP contribution in [0.3, 0.4) is 0 Å². The molecule has 4 heteroatoms. The van der Waals surface area contributed by atoms with E-state index in [1.54, 1.807) is 7.11 Å². The highest BCUT2D eigenvalue weighted by Crippen LogP contribution is 2.43. The summed E-state index contributed by atoms with van der Waals surface area (Å²) in [4.78, 5) is 2.64. The predicted octanol–water partition coefficient (Wildman–Crippen LogP) is 1.11. The Morgan fingerprint density at radius 3 is 2.83 bits per heavy atom. The van der Waals surface area contributed by atoms with Crippen LogP contribution in [-0.2, 0) is 9.47 Å². The first-order valence-corrected chi connectivity index (χ1v) is 7.30. The summed E-state index contributed by atoms with van der Waals surface area (Å²) in [6, 6.07) is 0. The topological polar surface area (TPSA) is 33.7 Å². The van der Waals surface area contributed by atoms with E-state index in [2.05, 4.69) is 17.1 Å². The number of rotatable bonds is 8. The zero-order valence-corrected chi connectivity index (χ0v) is 11.9. The number of nitrogens with zero attached hydrogens (tertiary/aromatic N) is 1. The Morgan fingerprint density at radius 1 is 1.28 bits per heavy atom. The van der Waals surface area contributed by atoms with Crippen molar-refractivity contribution in [3.63, 3.8) is 0 Å². The molecule has 0 aromatic rings. The first-order valence-electron chi connectivity index (χ1n) is 7.30. The van der Waals surface area contributed by atoms with Crippen LogP contribution in [-0.4, -0.2) is 63.5 Å². The number of piperazine rings is 1. The Hall–Kier alpha value is -0.160. The average Bonchev–Trinajstić information content (AvgIpc) is 3.20. The molecule has 0 aromatic carbocycles. The molecule has 2 rings (SSSR count). The van der Waals surface area contributed by atoms with Crippen LogP contribution in [0.5, 0.6) is 0 Å². The van der Waals surface area contributed by atoms with Gasteiger partial charge >= 0.3 is 0 Å². The molecule has 0 aromatic heterocycles. The summed E-state index contributed by atoms with van der Waals surface area (Å²) in [5, 5.41) is 3.55. The largest absolute Gasteiger partial charge is 0.385 e. The molecule has 0 amide bonds. The summed E-state index contributed by atoms with van der Waals surface area (Å²) < 4.78 is 10.7. The lowest BCUT2D eigenvalue weighted by atomic mass is 9.91. The highest BCUT2D eigenvalue weighted by molar-refractivity contribution is 5.02. The molecule has 2 aliphatic rings. The maximum atomic E-state index is 5.69. The fourth-order valence-corrected chi connectivity index (χ4v) is 2.98. The van der Waals surface area contributed by atoms with Gasteiger partial charge in [0.25, 0.3) is 0 Å². The van der Waals surface area contributed by atoms with Crippen molar-refractivity contribution in [2.45, 2.75) is 31.7 Å². The van der Waals surface area contributed by atoms with Crippen LogP contribution in [0.4, 0.5) is 0 Å². The van der Waals surface area contributed by atoms with Crippen molar-refractivity contribution in [1.29, 1.82) is 0 Å².